The number of halogens is 1. The molecule has 0 saturated carbocycles. The molecule has 1 radical (unpaired) electrons. The van der Waals surface area contributed by atoms with Gasteiger partial charge in [-0.2, -0.15) is 11.1 Å². The Morgan fingerprint density at radius 2 is 2.17 bits per heavy atom. The molecule has 0 bridgehead atoms. The van der Waals surface area contributed by atoms with Gasteiger partial charge in [0.25, 0.3) is 0 Å². The molecule has 0 spiro atoms. The molecular weight excluding hydrogens is 114 g/mol. The van der Waals surface area contributed by atoms with Gasteiger partial charge < -0.3 is 4.90 Å². The topological polar surface area (TPSA) is 3.24 Å². The summed E-state index contributed by atoms with van der Waals surface area (Å²) in [4.78, 5) is 1.99. The molecule has 0 N–H and O–H groups in total. The lowest BCUT2D eigenvalue weighted by molar-refractivity contribution is 0.538. The summed E-state index contributed by atoms with van der Waals surface area (Å²) in [6, 6.07) is 0. The summed E-state index contributed by atoms with van der Waals surface area (Å²) < 4.78 is 0. The number of hydrogen-bond donors (Lipinski definition) is 0. The van der Waals surface area contributed by atoms with Crippen LogP contribution in [-0.2, 0) is 0 Å². The van der Waals surface area contributed by atoms with Crippen molar-refractivity contribution in [2.24, 2.45) is 0 Å². The van der Waals surface area contributed by atoms with Crippen LogP contribution >= 0.6 is 11.1 Å². The molecule has 0 rings (SSSR count). The van der Waals surface area contributed by atoms with Gasteiger partial charge in [0.15, 0.2) is 0 Å². The highest BCUT2D eigenvalue weighted by atomic mass is 35.6. The predicted molar refractivity (Wildman–Crippen MR) is 32.4 cm³/mol. The highest BCUT2D eigenvalue weighted by Gasteiger charge is 1.83. The van der Waals surface area contributed by atoms with Gasteiger partial charge in [0.05, 0.1) is 0 Å². The van der Waals surface area contributed by atoms with E-state index in [0.717, 1.165) is 0 Å². The fraction of sp³-hybridized carbons (Fsp3) is 0.667. The molecule has 0 aliphatic carbocycles. The first-order valence-corrected chi connectivity index (χ1v) is 4.78. The third-order valence-corrected chi connectivity index (χ3v) is 1.72. The Labute approximate surface area is 45.8 Å². The Morgan fingerprint density at radius 3 is 2.17 bits per heavy atom. The van der Waals surface area contributed by atoms with Gasteiger partial charge in [-0.25, -0.2) is 0 Å². The Bertz CT molecular complexity index is 32.0. The smallest absolute Gasteiger partial charge is 0.143 e. The van der Waals surface area contributed by atoms with Crippen molar-refractivity contribution in [1.82, 2.24) is 4.90 Å². The van der Waals surface area contributed by atoms with Crippen molar-refractivity contribution in [3.05, 3.63) is 6.17 Å². The maximum absolute atomic E-state index is 5.44. The molecular formula is C3H9ClNSi. The molecule has 0 aliphatic rings. The fourth-order valence-corrected chi connectivity index (χ4v) is 1.24. The lowest BCUT2D eigenvalue weighted by atomic mass is 11.0. The first kappa shape index (κ1) is 6.47. The summed E-state index contributed by atoms with van der Waals surface area (Å²) in [5, 5.41) is 0. The number of rotatable bonds is 2. The number of nitrogens with zero attached hydrogens (tertiary/aromatic N) is 1. The van der Waals surface area contributed by atoms with Crippen molar-refractivity contribution in [1.29, 1.82) is 0 Å². The molecule has 0 atom stereocenters. The first-order chi connectivity index (χ1) is 2.77. The zero-order valence-corrected chi connectivity index (χ0v) is 6.28. The second kappa shape index (κ2) is 3.65. The van der Waals surface area contributed by atoms with E-state index < -0.39 is 0 Å². The number of hydrogen-bond acceptors (Lipinski definition) is 1. The molecule has 0 amide bonds. The Balaban J connectivity index is 2.63. The van der Waals surface area contributed by atoms with Crippen LogP contribution in [0, 0.1) is 6.17 Å². The molecule has 0 fully saturated rings. The van der Waals surface area contributed by atoms with Crippen LogP contribution in [0.15, 0.2) is 0 Å². The van der Waals surface area contributed by atoms with E-state index in [1.807, 2.05) is 25.2 Å². The Kier molecular flexibility index (Phi) is 3.93. The highest BCUT2D eigenvalue weighted by molar-refractivity contribution is 6.95. The molecule has 37 valence electrons. The molecule has 0 aromatic carbocycles. The average molecular weight is 123 g/mol. The summed E-state index contributed by atoms with van der Waals surface area (Å²) in [6.07, 6.45) is 2.03. The van der Waals surface area contributed by atoms with Crippen molar-refractivity contribution in [2.75, 3.05) is 14.1 Å². The highest BCUT2D eigenvalue weighted by Crippen LogP contribution is 1.79. The first-order valence-electron chi connectivity index (χ1n) is 1.83. The quantitative estimate of drug-likeness (QED) is 0.368. The summed E-state index contributed by atoms with van der Waals surface area (Å²) in [6.45, 7) is 0. The van der Waals surface area contributed by atoms with Crippen molar-refractivity contribution >= 4 is 19.9 Å². The van der Waals surface area contributed by atoms with Gasteiger partial charge in [0, 0.05) is 6.17 Å². The predicted octanol–water partition coefficient (Wildman–Crippen LogP) is -0.0101. The standard InChI is InChI=1S/C3H9ClNSi/c1-5(2)3-6-4/h3H,6H2,1-2H3. The van der Waals surface area contributed by atoms with Crippen LogP contribution < -0.4 is 0 Å². The van der Waals surface area contributed by atoms with Gasteiger partial charge in [-0.1, -0.05) is 0 Å². The third-order valence-electron chi connectivity index (χ3n) is 0.434. The average Bonchev–Trinajstić information content (AvgIpc) is 1.35. The van der Waals surface area contributed by atoms with Crippen LogP contribution in [-0.4, -0.2) is 27.8 Å². The largest absolute Gasteiger partial charge is 0.307 e. The molecule has 0 aromatic rings. The zero-order chi connectivity index (χ0) is 4.99. The van der Waals surface area contributed by atoms with Gasteiger partial charge in [-0.15, -0.1) is 0 Å². The maximum Gasteiger partial charge on any atom is 0.143 e. The van der Waals surface area contributed by atoms with Crippen LogP contribution in [0.3, 0.4) is 0 Å². The maximum atomic E-state index is 5.44. The van der Waals surface area contributed by atoms with Crippen LogP contribution in [0.5, 0.6) is 0 Å². The molecule has 0 aromatic heterocycles. The van der Waals surface area contributed by atoms with E-state index >= 15 is 0 Å². The van der Waals surface area contributed by atoms with Crippen LogP contribution in [0.1, 0.15) is 0 Å². The van der Waals surface area contributed by atoms with Crippen molar-refractivity contribution in [2.45, 2.75) is 0 Å². The van der Waals surface area contributed by atoms with E-state index in [-0.39, 0.29) is 8.83 Å². The van der Waals surface area contributed by atoms with E-state index in [0.29, 0.717) is 0 Å². The Morgan fingerprint density at radius 1 is 1.67 bits per heavy atom. The lowest BCUT2D eigenvalue weighted by Crippen LogP contribution is -2.08. The third kappa shape index (κ3) is 4.47. The molecule has 1 nitrogen and oxygen atoms in total. The van der Waals surface area contributed by atoms with Gasteiger partial charge in [-0.3, -0.25) is 0 Å². The minimum atomic E-state index is -0.360. The second-order valence-corrected chi connectivity index (χ2v) is 2.90. The second-order valence-electron chi connectivity index (χ2n) is 1.30. The van der Waals surface area contributed by atoms with Crippen LogP contribution in [0.4, 0.5) is 0 Å². The minimum absolute atomic E-state index is 0.360. The summed E-state index contributed by atoms with van der Waals surface area (Å²) >= 11 is 5.44. The molecule has 0 aliphatic heterocycles. The van der Waals surface area contributed by atoms with Crippen LogP contribution in [0.25, 0.3) is 0 Å². The zero-order valence-electron chi connectivity index (χ0n) is 4.11. The van der Waals surface area contributed by atoms with E-state index in [4.69, 9.17) is 11.1 Å². The van der Waals surface area contributed by atoms with Gasteiger partial charge in [-0.05, 0) is 14.1 Å². The van der Waals surface area contributed by atoms with Crippen molar-refractivity contribution in [3.63, 3.8) is 0 Å². The van der Waals surface area contributed by atoms with E-state index in [1.54, 1.807) is 0 Å². The Hall–Kier alpha value is 0.467. The van der Waals surface area contributed by atoms with Gasteiger partial charge >= 0.3 is 0 Å². The van der Waals surface area contributed by atoms with Crippen molar-refractivity contribution in [3.8, 4) is 0 Å². The normalized spacial score (nSPS) is 12.0. The molecule has 6 heavy (non-hydrogen) atoms. The van der Waals surface area contributed by atoms with Crippen LogP contribution in [0.2, 0.25) is 0 Å². The van der Waals surface area contributed by atoms with E-state index in [1.165, 1.54) is 0 Å². The summed E-state index contributed by atoms with van der Waals surface area (Å²) in [7, 11) is 3.60. The molecule has 3 heteroatoms. The van der Waals surface area contributed by atoms with Gasteiger partial charge in [0.2, 0.25) is 0 Å². The monoisotopic (exact) mass is 122 g/mol. The fourth-order valence-electron chi connectivity index (χ4n) is 0.138. The van der Waals surface area contributed by atoms with E-state index in [2.05, 4.69) is 0 Å². The molecule has 0 heterocycles. The molecule has 0 unspecified atom stereocenters. The minimum Gasteiger partial charge on any atom is -0.307 e. The lowest BCUT2D eigenvalue weighted by Gasteiger charge is -2.01. The molecule has 0 saturated heterocycles. The van der Waals surface area contributed by atoms with Crippen molar-refractivity contribution < 1.29 is 0 Å². The van der Waals surface area contributed by atoms with Gasteiger partial charge in [0.1, 0.15) is 8.83 Å². The summed E-state index contributed by atoms with van der Waals surface area (Å²) in [5.41, 5.74) is 0. The van der Waals surface area contributed by atoms with E-state index in [9.17, 15) is 0 Å². The SMILES string of the molecule is CN(C)[CH][SiH2]Cl. The summed E-state index contributed by atoms with van der Waals surface area (Å²) in [5.74, 6) is 0.